The van der Waals surface area contributed by atoms with Gasteiger partial charge in [-0.2, -0.15) is 0 Å². The van der Waals surface area contributed by atoms with Crippen molar-refractivity contribution >= 4 is 71.8 Å². The number of pyridine rings is 1. The molecule has 10 rings (SSSR count). The average molecular weight is 629 g/mol. The zero-order valence-electron chi connectivity index (χ0n) is 26.4. The van der Waals surface area contributed by atoms with E-state index in [4.69, 9.17) is 13.8 Å². The van der Waals surface area contributed by atoms with Gasteiger partial charge in [-0.15, -0.1) is 0 Å². The summed E-state index contributed by atoms with van der Waals surface area (Å²) in [5, 5.41) is 6.75. The van der Waals surface area contributed by atoms with Gasteiger partial charge in [0.25, 0.3) is 0 Å². The second-order valence-electron chi connectivity index (χ2n) is 12.4. The van der Waals surface area contributed by atoms with Gasteiger partial charge in [-0.25, -0.2) is 4.98 Å². The Morgan fingerprint density at radius 2 is 1.04 bits per heavy atom. The number of rotatable bonds is 5. The lowest BCUT2D eigenvalue weighted by Crippen LogP contribution is -2.10. The molecule has 0 radical (unpaired) electrons. The Balaban J connectivity index is 1.09. The summed E-state index contributed by atoms with van der Waals surface area (Å²) in [5.41, 5.74) is 10.6. The van der Waals surface area contributed by atoms with Gasteiger partial charge in [-0.1, -0.05) is 103 Å². The number of para-hydroxylation sites is 2. The number of hydrogen-bond acceptors (Lipinski definition) is 4. The Labute approximate surface area is 282 Å². The molecule has 49 heavy (non-hydrogen) atoms. The molecule has 7 aromatic carbocycles. The van der Waals surface area contributed by atoms with E-state index in [9.17, 15) is 0 Å². The third-order valence-electron chi connectivity index (χ3n) is 9.50. The molecule has 0 saturated carbocycles. The van der Waals surface area contributed by atoms with Gasteiger partial charge in [0.1, 0.15) is 16.7 Å². The lowest BCUT2D eigenvalue weighted by Gasteiger charge is -2.26. The van der Waals surface area contributed by atoms with Crippen LogP contribution in [-0.4, -0.2) is 4.98 Å². The van der Waals surface area contributed by atoms with Gasteiger partial charge in [-0.3, -0.25) is 0 Å². The zero-order valence-corrected chi connectivity index (χ0v) is 26.4. The fourth-order valence-corrected chi connectivity index (χ4v) is 7.09. The molecule has 0 aliphatic rings. The first kappa shape index (κ1) is 27.5. The molecule has 3 aromatic heterocycles. The molecule has 0 atom stereocenters. The summed E-state index contributed by atoms with van der Waals surface area (Å²) in [6.07, 6.45) is 0. The van der Waals surface area contributed by atoms with Crippen LogP contribution in [0.2, 0.25) is 0 Å². The second-order valence-corrected chi connectivity index (χ2v) is 12.4. The summed E-state index contributed by atoms with van der Waals surface area (Å²) >= 11 is 0. The molecule has 0 bridgehead atoms. The molecule has 0 N–H and O–H groups in total. The number of aromatic nitrogens is 1. The van der Waals surface area contributed by atoms with Crippen LogP contribution < -0.4 is 4.90 Å². The Hall–Kier alpha value is -6.65. The molecule has 0 aliphatic heterocycles. The highest BCUT2D eigenvalue weighted by molar-refractivity contribution is 6.13. The summed E-state index contributed by atoms with van der Waals surface area (Å²) in [7, 11) is 0. The Kier molecular flexibility index (Phi) is 6.15. The molecule has 3 heterocycles. The fraction of sp³-hybridized carbons (Fsp3) is 0. The van der Waals surface area contributed by atoms with Crippen LogP contribution in [0.25, 0.3) is 77.2 Å². The highest BCUT2D eigenvalue weighted by atomic mass is 16.3. The average Bonchev–Trinajstić information content (AvgIpc) is 3.74. The first-order valence-electron chi connectivity index (χ1n) is 16.5. The zero-order chi connectivity index (χ0) is 32.3. The van der Waals surface area contributed by atoms with Gasteiger partial charge in [0, 0.05) is 33.1 Å². The molecule has 0 unspecified atom stereocenters. The van der Waals surface area contributed by atoms with Crippen molar-refractivity contribution in [3.63, 3.8) is 0 Å². The van der Waals surface area contributed by atoms with Crippen LogP contribution >= 0.6 is 0 Å². The maximum absolute atomic E-state index is 6.32. The van der Waals surface area contributed by atoms with Gasteiger partial charge in [0.05, 0.1) is 16.8 Å². The molecule has 0 fully saturated rings. The minimum absolute atomic E-state index is 0.648. The smallest absolute Gasteiger partial charge is 0.227 e. The van der Waals surface area contributed by atoms with E-state index in [1.165, 1.54) is 21.9 Å². The van der Waals surface area contributed by atoms with Crippen molar-refractivity contribution in [1.82, 2.24) is 4.98 Å². The van der Waals surface area contributed by atoms with E-state index in [1.807, 2.05) is 36.4 Å². The summed E-state index contributed by atoms with van der Waals surface area (Å²) in [4.78, 5) is 7.22. The summed E-state index contributed by atoms with van der Waals surface area (Å²) < 4.78 is 12.4. The van der Waals surface area contributed by atoms with E-state index in [-0.39, 0.29) is 0 Å². The van der Waals surface area contributed by atoms with Gasteiger partial charge >= 0.3 is 0 Å². The Morgan fingerprint density at radius 1 is 0.408 bits per heavy atom. The minimum atomic E-state index is 0.648. The Bertz CT molecular complexity index is 2830. The van der Waals surface area contributed by atoms with Crippen LogP contribution in [0.15, 0.2) is 179 Å². The number of hydrogen-bond donors (Lipinski definition) is 0. The first-order valence-corrected chi connectivity index (χ1v) is 16.5. The van der Waals surface area contributed by atoms with Crippen molar-refractivity contribution in [2.24, 2.45) is 0 Å². The monoisotopic (exact) mass is 628 g/mol. The quantitative estimate of drug-likeness (QED) is 0.190. The van der Waals surface area contributed by atoms with E-state index in [0.717, 1.165) is 66.6 Å². The summed E-state index contributed by atoms with van der Waals surface area (Å²) in [5.74, 6) is 0. The molecule has 4 heteroatoms. The number of benzene rings is 7. The van der Waals surface area contributed by atoms with Crippen molar-refractivity contribution in [3.8, 4) is 22.4 Å². The molecule has 0 saturated heterocycles. The molecule has 0 spiro atoms. The normalized spacial score (nSPS) is 11.7. The molecular formula is C45H28N2O2. The van der Waals surface area contributed by atoms with Crippen molar-refractivity contribution in [2.45, 2.75) is 0 Å². The molecule has 0 amide bonds. The Morgan fingerprint density at radius 3 is 1.84 bits per heavy atom. The summed E-state index contributed by atoms with van der Waals surface area (Å²) in [6.45, 7) is 0. The molecule has 230 valence electrons. The maximum Gasteiger partial charge on any atom is 0.227 e. The molecule has 4 nitrogen and oxygen atoms in total. The van der Waals surface area contributed by atoms with E-state index < -0.39 is 0 Å². The first-order chi connectivity index (χ1) is 24.3. The van der Waals surface area contributed by atoms with Crippen LogP contribution in [0.1, 0.15) is 0 Å². The van der Waals surface area contributed by atoms with Gasteiger partial charge in [0.2, 0.25) is 5.71 Å². The van der Waals surface area contributed by atoms with E-state index in [0.29, 0.717) is 5.71 Å². The van der Waals surface area contributed by atoms with Crippen LogP contribution in [0.3, 0.4) is 0 Å². The molecular weight excluding hydrogens is 601 g/mol. The van der Waals surface area contributed by atoms with Crippen molar-refractivity contribution in [2.75, 3.05) is 4.90 Å². The number of furan rings is 2. The lowest BCUT2D eigenvalue weighted by molar-refractivity contribution is 0.654. The van der Waals surface area contributed by atoms with Gasteiger partial charge < -0.3 is 13.7 Å². The van der Waals surface area contributed by atoms with Gasteiger partial charge in [-0.05, 0) is 88.6 Å². The third kappa shape index (κ3) is 4.57. The topological polar surface area (TPSA) is 42.4 Å². The van der Waals surface area contributed by atoms with E-state index >= 15 is 0 Å². The predicted octanol–water partition coefficient (Wildman–Crippen LogP) is 12.8. The highest BCUT2D eigenvalue weighted by Crippen LogP contribution is 2.43. The van der Waals surface area contributed by atoms with Crippen molar-refractivity contribution in [1.29, 1.82) is 0 Å². The van der Waals surface area contributed by atoms with Crippen LogP contribution in [-0.2, 0) is 0 Å². The molecule has 10 aromatic rings. The van der Waals surface area contributed by atoms with E-state index in [1.54, 1.807) is 0 Å². The number of nitrogens with zero attached hydrogens (tertiary/aromatic N) is 2. The van der Waals surface area contributed by atoms with Crippen LogP contribution in [0, 0.1) is 0 Å². The molecule has 0 aliphatic carbocycles. The lowest BCUT2D eigenvalue weighted by atomic mass is 10.0. The van der Waals surface area contributed by atoms with Gasteiger partial charge in [0.15, 0.2) is 0 Å². The number of fused-ring (bicyclic) bond motifs is 7. The standard InChI is InChI=1S/C45H28N2O2/c1-2-9-32-28-33(17-16-29(32)8-1)30-18-22-34(23-19-30)47(40-12-7-15-43-44(40)38-11-4-6-14-42(38)48-43)35-24-20-31(21-25-35)39-27-26-37-36-10-3-5-13-41(36)49-45(37)46-39/h1-28H. The highest BCUT2D eigenvalue weighted by Gasteiger charge is 2.20. The second kappa shape index (κ2) is 11.0. The minimum Gasteiger partial charge on any atom is -0.456 e. The fourth-order valence-electron chi connectivity index (χ4n) is 7.09. The van der Waals surface area contributed by atoms with E-state index in [2.05, 4.69) is 138 Å². The number of anilines is 3. The maximum atomic E-state index is 6.32. The summed E-state index contributed by atoms with van der Waals surface area (Å²) in [6, 6.07) is 59.3. The third-order valence-corrected chi connectivity index (χ3v) is 9.50. The van der Waals surface area contributed by atoms with Crippen LogP contribution in [0.4, 0.5) is 17.1 Å². The predicted molar refractivity (Wildman–Crippen MR) is 202 cm³/mol. The van der Waals surface area contributed by atoms with Crippen LogP contribution in [0.5, 0.6) is 0 Å². The largest absolute Gasteiger partial charge is 0.456 e. The van der Waals surface area contributed by atoms with Crippen molar-refractivity contribution in [3.05, 3.63) is 170 Å². The van der Waals surface area contributed by atoms with Crippen molar-refractivity contribution < 1.29 is 8.83 Å². The SMILES string of the molecule is c1ccc2cc(-c3ccc(N(c4ccc(-c5ccc6c(n5)oc5ccccc56)cc4)c4cccc5oc6ccccc6c45)cc3)ccc2c1.